The maximum atomic E-state index is 13.5. The summed E-state index contributed by atoms with van der Waals surface area (Å²) in [6.45, 7) is 1.99. The highest BCUT2D eigenvalue weighted by Gasteiger charge is 2.28. The standard InChI is InChI=1S/C15H12Cl2FNO/c1-8-15(9-3-2-4-10(16)5-9)20-14-7-12(18)11(17)6-13(14)19-8/h2-8,15,19H,1H3. The number of hydrogen-bond donors (Lipinski definition) is 1. The second-order valence-electron chi connectivity index (χ2n) is 4.79. The Kier molecular flexibility index (Phi) is 3.48. The second-order valence-corrected chi connectivity index (χ2v) is 5.63. The highest BCUT2D eigenvalue weighted by molar-refractivity contribution is 6.31. The van der Waals surface area contributed by atoms with Crippen LogP contribution < -0.4 is 10.1 Å². The molecule has 2 aromatic carbocycles. The molecule has 0 amide bonds. The maximum absolute atomic E-state index is 13.5. The van der Waals surface area contributed by atoms with Crippen molar-refractivity contribution in [2.24, 2.45) is 0 Å². The average molecular weight is 312 g/mol. The molecule has 3 rings (SSSR count). The van der Waals surface area contributed by atoms with E-state index in [2.05, 4.69) is 5.32 Å². The Morgan fingerprint density at radius 3 is 2.75 bits per heavy atom. The van der Waals surface area contributed by atoms with Gasteiger partial charge in [-0.2, -0.15) is 0 Å². The topological polar surface area (TPSA) is 21.3 Å². The van der Waals surface area contributed by atoms with Crippen LogP contribution in [0.4, 0.5) is 10.1 Å². The van der Waals surface area contributed by atoms with Gasteiger partial charge < -0.3 is 10.1 Å². The summed E-state index contributed by atoms with van der Waals surface area (Å²) >= 11 is 11.8. The summed E-state index contributed by atoms with van der Waals surface area (Å²) in [5.41, 5.74) is 1.64. The smallest absolute Gasteiger partial charge is 0.146 e. The Balaban J connectivity index is 1.98. The highest BCUT2D eigenvalue weighted by atomic mass is 35.5. The van der Waals surface area contributed by atoms with Crippen LogP contribution in [0.25, 0.3) is 0 Å². The molecule has 0 spiro atoms. The Bertz CT molecular complexity index is 662. The van der Waals surface area contributed by atoms with Crippen LogP contribution in [0.5, 0.6) is 5.75 Å². The number of halogens is 3. The number of anilines is 1. The van der Waals surface area contributed by atoms with Crippen LogP contribution in [0.1, 0.15) is 18.6 Å². The van der Waals surface area contributed by atoms with E-state index in [1.807, 2.05) is 25.1 Å². The fraction of sp³-hybridized carbons (Fsp3) is 0.200. The van der Waals surface area contributed by atoms with Gasteiger partial charge in [-0.05, 0) is 30.7 Å². The van der Waals surface area contributed by atoms with Gasteiger partial charge in [-0.1, -0.05) is 35.3 Å². The van der Waals surface area contributed by atoms with Crippen molar-refractivity contribution in [1.82, 2.24) is 0 Å². The molecule has 5 heteroatoms. The lowest BCUT2D eigenvalue weighted by atomic mass is 10.0. The molecule has 20 heavy (non-hydrogen) atoms. The minimum atomic E-state index is -0.494. The molecule has 0 fully saturated rings. The van der Waals surface area contributed by atoms with E-state index in [1.54, 1.807) is 6.07 Å². The first-order valence-electron chi connectivity index (χ1n) is 6.22. The molecule has 1 heterocycles. The van der Waals surface area contributed by atoms with Crippen LogP contribution in [0, 0.1) is 5.82 Å². The van der Waals surface area contributed by atoms with Gasteiger partial charge in [0.25, 0.3) is 0 Å². The van der Waals surface area contributed by atoms with Gasteiger partial charge in [0.1, 0.15) is 17.7 Å². The normalized spacial score (nSPS) is 20.8. The maximum Gasteiger partial charge on any atom is 0.146 e. The summed E-state index contributed by atoms with van der Waals surface area (Å²) in [5.74, 6) is -0.0402. The van der Waals surface area contributed by atoms with Gasteiger partial charge in [0.2, 0.25) is 0 Å². The zero-order valence-corrected chi connectivity index (χ0v) is 12.2. The van der Waals surface area contributed by atoms with E-state index in [0.717, 1.165) is 5.56 Å². The summed E-state index contributed by atoms with van der Waals surface area (Å²) in [7, 11) is 0. The van der Waals surface area contributed by atoms with E-state index >= 15 is 0 Å². The summed E-state index contributed by atoms with van der Waals surface area (Å²) in [6.07, 6.45) is -0.234. The van der Waals surface area contributed by atoms with E-state index in [4.69, 9.17) is 27.9 Å². The molecule has 1 aliphatic rings. The molecule has 104 valence electrons. The quantitative estimate of drug-likeness (QED) is 0.794. The Labute approximate surface area is 126 Å². The summed E-state index contributed by atoms with van der Waals surface area (Å²) in [4.78, 5) is 0. The predicted octanol–water partition coefficient (Wildman–Crippen LogP) is 5.07. The Morgan fingerprint density at radius 2 is 2.00 bits per heavy atom. The van der Waals surface area contributed by atoms with Crippen molar-refractivity contribution in [1.29, 1.82) is 0 Å². The molecular formula is C15H12Cl2FNO. The Hall–Kier alpha value is -1.45. The molecular weight excluding hydrogens is 300 g/mol. The number of fused-ring (bicyclic) bond motifs is 1. The number of benzene rings is 2. The molecule has 2 aromatic rings. The lowest BCUT2D eigenvalue weighted by Crippen LogP contribution is -2.32. The molecule has 0 aliphatic carbocycles. The van der Waals surface area contributed by atoms with E-state index in [-0.39, 0.29) is 17.2 Å². The first-order valence-corrected chi connectivity index (χ1v) is 6.98. The zero-order valence-electron chi connectivity index (χ0n) is 10.7. The van der Waals surface area contributed by atoms with Crippen molar-refractivity contribution in [3.05, 3.63) is 57.8 Å². The van der Waals surface area contributed by atoms with Crippen LogP contribution in [0.15, 0.2) is 36.4 Å². The molecule has 2 nitrogen and oxygen atoms in total. The molecule has 1 aliphatic heterocycles. The lowest BCUT2D eigenvalue weighted by molar-refractivity contribution is 0.177. The van der Waals surface area contributed by atoms with Crippen LogP contribution in [0.2, 0.25) is 10.0 Å². The van der Waals surface area contributed by atoms with E-state index < -0.39 is 5.82 Å². The van der Waals surface area contributed by atoms with Crippen molar-refractivity contribution >= 4 is 28.9 Å². The van der Waals surface area contributed by atoms with Crippen molar-refractivity contribution in [2.75, 3.05) is 5.32 Å². The highest BCUT2D eigenvalue weighted by Crippen LogP contribution is 2.40. The van der Waals surface area contributed by atoms with Crippen LogP contribution in [0.3, 0.4) is 0 Å². The first kappa shape index (κ1) is 13.5. The number of hydrogen-bond acceptors (Lipinski definition) is 2. The fourth-order valence-corrected chi connectivity index (χ4v) is 2.70. The lowest BCUT2D eigenvalue weighted by Gasteiger charge is -2.33. The van der Waals surface area contributed by atoms with E-state index in [9.17, 15) is 4.39 Å². The van der Waals surface area contributed by atoms with Crippen molar-refractivity contribution in [2.45, 2.75) is 19.1 Å². The predicted molar refractivity (Wildman–Crippen MR) is 79.3 cm³/mol. The first-order chi connectivity index (χ1) is 9.54. The molecule has 0 aromatic heterocycles. The van der Waals surface area contributed by atoms with Crippen LogP contribution in [-0.4, -0.2) is 6.04 Å². The largest absolute Gasteiger partial charge is 0.481 e. The van der Waals surface area contributed by atoms with Gasteiger partial charge in [-0.3, -0.25) is 0 Å². The van der Waals surface area contributed by atoms with Crippen LogP contribution >= 0.6 is 23.2 Å². The number of rotatable bonds is 1. The van der Waals surface area contributed by atoms with Gasteiger partial charge in [0.15, 0.2) is 0 Å². The molecule has 0 bridgehead atoms. The van der Waals surface area contributed by atoms with Gasteiger partial charge in [0, 0.05) is 11.1 Å². The average Bonchev–Trinajstić information content (AvgIpc) is 2.40. The molecule has 0 saturated carbocycles. The molecule has 2 atom stereocenters. The van der Waals surface area contributed by atoms with Crippen molar-refractivity contribution in [3.63, 3.8) is 0 Å². The molecule has 0 saturated heterocycles. The van der Waals surface area contributed by atoms with Crippen LogP contribution in [-0.2, 0) is 0 Å². The van der Waals surface area contributed by atoms with Gasteiger partial charge in [0.05, 0.1) is 16.8 Å². The molecule has 1 N–H and O–H groups in total. The fourth-order valence-electron chi connectivity index (χ4n) is 2.34. The monoisotopic (exact) mass is 311 g/mol. The summed E-state index contributed by atoms with van der Waals surface area (Å²) in [6, 6.07) is 10.3. The van der Waals surface area contributed by atoms with Gasteiger partial charge in [-0.25, -0.2) is 4.39 Å². The third-order valence-corrected chi connectivity index (χ3v) is 3.82. The van der Waals surface area contributed by atoms with Crippen molar-refractivity contribution < 1.29 is 9.13 Å². The SMILES string of the molecule is CC1Nc2cc(Cl)c(F)cc2OC1c1cccc(Cl)c1. The van der Waals surface area contributed by atoms with E-state index in [1.165, 1.54) is 12.1 Å². The minimum Gasteiger partial charge on any atom is -0.481 e. The van der Waals surface area contributed by atoms with E-state index in [0.29, 0.717) is 16.5 Å². The second kappa shape index (κ2) is 5.15. The molecule has 2 unspecified atom stereocenters. The summed E-state index contributed by atoms with van der Waals surface area (Å²) < 4.78 is 19.4. The molecule has 0 radical (unpaired) electrons. The Morgan fingerprint density at radius 1 is 1.20 bits per heavy atom. The minimum absolute atomic E-state index is 0.0162. The number of ether oxygens (including phenoxy) is 1. The third kappa shape index (κ3) is 2.43. The summed E-state index contributed by atoms with van der Waals surface area (Å²) in [5, 5.41) is 4.00. The van der Waals surface area contributed by atoms with Gasteiger partial charge >= 0.3 is 0 Å². The third-order valence-electron chi connectivity index (χ3n) is 3.29. The van der Waals surface area contributed by atoms with Crippen molar-refractivity contribution in [3.8, 4) is 5.75 Å². The zero-order chi connectivity index (χ0) is 14.3. The van der Waals surface area contributed by atoms with Gasteiger partial charge in [-0.15, -0.1) is 0 Å². The number of nitrogens with one attached hydrogen (secondary N) is 1.